The second-order valence-electron chi connectivity index (χ2n) is 5.48. The predicted molar refractivity (Wildman–Crippen MR) is 68.9 cm³/mol. The molecule has 0 aliphatic rings. The van der Waals surface area contributed by atoms with Crippen LogP contribution in [-0.4, -0.2) is 24.2 Å². The van der Waals surface area contributed by atoms with E-state index >= 15 is 0 Å². The highest BCUT2D eigenvalue weighted by Gasteiger charge is 2.16. The smallest absolute Gasteiger partial charge is 0.265 e. The first-order chi connectivity index (χ1) is 8.30. The third kappa shape index (κ3) is 4.70. The number of halogens is 2. The zero-order valence-corrected chi connectivity index (χ0v) is 11.1. The molecule has 0 aromatic heterocycles. The Balaban J connectivity index is 2.45. The molecule has 1 atom stereocenters. The number of rotatable bonds is 5. The number of aliphatic hydroxyl groups is 1. The third-order valence-corrected chi connectivity index (χ3v) is 2.79. The summed E-state index contributed by atoms with van der Waals surface area (Å²) in [7, 11) is 0. The van der Waals surface area contributed by atoms with Gasteiger partial charge in [-0.2, -0.15) is 0 Å². The number of nitrogens with one attached hydrogen (secondary N) is 1. The summed E-state index contributed by atoms with van der Waals surface area (Å²) in [6.45, 7) is 6.80. The average Bonchev–Trinajstić information content (AvgIpc) is 2.28. The van der Waals surface area contributed by atoms with Crippen molar-refractivity contribution in [3.05, 3.63) is 35.4 Å². The molecule has 0 aliphatic carbocycles. The van der Waals surface area contributed by atoms with Crippen LogP contribution >= 0.6 is 0 Å². The Morgan fingerprint density at radius 2 is 1.72 bits per heavy atom. The second kappa shape index (κ2) is 6.25. The van der Waals surface area contributed by atoms with Gasteiger partial charge in [0.1, 0.15) is 6.10 Å². The van der Waals surface area contributed by atoms with Crippen LogP contribution in [0.3, 0.4) is 0 Å². The van der Waals surface area contributed by atoms with Crippen molar-refractivity contribution in [1.29, 1.82) is 0 Å². The highest BCUT2D eigenvalue weighted by Crippen LogP contribution is 2.22. The molecular weight excluding hydrogens is 236 g/mol. The normalized spacial score (nSPS) is 13.9. The number of aliphatic hydroxyl groups excluding tert-OH is 1. The zero-order chi connectivity index (χ0) is 13.8. The number of benzene rings is 1. The van der Waals surface area contributed by atoms with Gasteiger partial charge in [-0.1, -0.05) is 45.0 Å². The molecule has 0 heterocycles. The van der Waals surface area contributed by atoms with Crippen LogP contribution in [0.5, 0.6) is 0 Å². The molecule has 1 aromatic carbocycles. The largest absolute Gasteiger partial charge is 0.386 e. The van der Waals surface area contributed by atoms with Gasteiger partial charge >= 0.3 is 0 Å². The Kier molecular flexibility index (Phi) is 5.23. The summed E-state index contributed by atoms with van der Waals surface area (Å²) in [5, 5.41) is 11.8. The fourth-order valence-electron chi connectivity index (χ4n) is 1.58. The first-order valence-corrected chi connectivity index (χ1v) is 6.07. The van der Waals surface area contributed by atoms with E-state index in [9.17, 15) is 8.78 Å². The molecule has 1 aromatic rings. The predicted octanol–water partition coefficient (Wildman–Crippen LogP) is 2.70. The van der Waals surface area contributed by atoms with Gasteiger partial charge < -0.3 is 10.4 Å². The maximum absolute atomic E-state index is 12.0. The Morgan fingerprint density at radius 3 is 2.17 bits per heavy atom. The van der Waals surface area contributed by atoms with E-state index in [1.807, 2.05) is 24.3 Å². The van der Waals surface area contributed by atoms with E-state index in [2.05, 4.69) is 26.1 Å². The van der Waals surface area contributed by atoms with Gasteiger partial charge in [0.15, 0.2) is 0 Å². The lowest BCUT2D eigenvalue weighted by Gasteiger charge is -2.19. The molecule has 0 aliphatic heterocycles. The van der Waals surface area contributed by atoms with E-state index in [4.69, 9.17) is 5.11 Å². The summed E-state index contributed by atoms with van der Waals surface area (Å²) in [4.78, 5) is 0. The summed E-state index contributed by atoms with van der Waals surface area (Å²) >= 11 is 0. The molecule has 2 N–H and O–H groups in total. The molecule has 1 unspecified atom stereocenters. The van der Waals surface area contributed by atoms with Crippen LogP contribution in [0.1, 0.15) is 31.9 Å². The van der Waals surface area contributed by atoms with Crippen molar-refractivity contribution in [2.24, 2.45) is 0 Å². The van der Waals surface area contributed by atoms with Gasteiger partial charge in [-0.25, -0.2) is 8.78 Å². The third-order valence-electron chi connectivity index (χ3n) is 2.79. The SMILES string of the molecule is CC(C)(C)c1ccc(CNCC(O)C(F)F)cc1. The van der Waals surface area contributed by atoms with E-state index in [1.165, 1.54) is 5.56 Å². The van der Waals surface area contributed by atoms with Gasteiger partial charge in [-0.15, -0.1) is 0 Å². The van der Waals surface area contributed by atoms with Gasteiger partial charge in [-0.3, -0.25) is 0 Å². The fraction of sp³-hybridized carbons (Fsp3) is 0.571. The van der Waals surface area contributed by atoms with Crippen LogP contribution in [-0.2, 0) is 12.0 Å². The quantitative estimate of drug-likeness (QED) is 0.850. The van der Waals surface area contributed by atoms with Gasteiger partial charge in [0.2, 0.25) is 0 Å². The maximum Gasteiger partial charge on any atom is 0.265 e. The minimum Gasteiger partial charge on any atom is -0.386 e. The van der Waals surface area contributed by atoms with Crippen LogP contribution in [0, 0.1) is 0 Å². The Bertz CT molecular complexity index is 357. The molecule has 0 saturated heterocycles. The van der Waals surface area contributed by atoms with E-state index in [0.717, 1.165) is 5.56 Å². The number of hydrogen-bond donors (Lipinski definition) is 2. The summed E-state index contributed by atoms with van der Waals surface area (Å²) in [5.74, 6) is 0. The van der Waals surface area contributed by atoms with E-state index in [-0.39, 0.29) is 12.0 Å². The minimum absolute atomic E-state index is 0.0985. The van der Waals surface area contributed by atoms with Crippen LogP contribution in [0.25, 0.3) is 0 Å². The van der Waals surface area contributed by atoms with Crippen LogP contribution < -0.4 is 5.32 Å². The fourth-order valence-corrected chi connectivity index (χ4v) is 1.58. The van der Waals surface area contributed by atoms with Gasteiger partial charge in [0.05, 0.1) is 0 Å². The molecule has 0 bridgehead atoms. The van der Waals surface area contributed by atoms with E-state index in [1.54, 1.807) is 0 Å². The molecular formula is C14H21F2NO. The van der Waals surface area contributed by atoms with Crippen molar-refractivity contribution in [3.63, 3.8) is 0 Å². The molecule has 0 radical (unpaired) electrons. The monoisotopic (exact) mass is 257 g/mol. The van der Waals surface area contributed by atoms with Gasteiger partial charge in [-0.05, 0) is 16.5 Å². The number of hydrogen-bond acceptors (Lipinski definition) is 2. The standard InChI is InChI=1S/C14H21F2NO/c1-14(2,3)11-6-4-10(5-7-11)8-17-9-12(18)13(15)16/h4-7,12-13,17-18H,8-9H2,1-3H3. The van der Waals surface area contributed by atoms with Crippen molar-refractivity contribution < 1.29 is 13.9 Å². The molecule has 1 rings (SSSR count). The summed E-state index contributed by atoms with van der Waals surface area (Å²) < 4.78 is 24.1. The van der Waals surface area contributed by atoms with Crippen molar-refractivity contribution in [3.8, 4) is 0 Å². The summed E-state index contributed by atoms with van der Waals surface area (Å²) in [6.07, 6.45) is -4.29. The lowest BCUT2D eigenvalue weighted by molar-refractivity contribution is -0.00340. The zero-order valence-electron chi connectivity index (χ0n) is 11.1. The molecule has 18 heavy (non-hydrogen) atoms. The average molecular weight is 257 g/mol. The molecule has 0 spiro atoms. The van der Waals surface area contributed by atoms with Gasteiger partial charge in [0, 0.05) is 13.1 Å². The number of alkyl halides is 2. The van der Waals surface area contributed by atoms with Crippen molar-refractivity contribution in [2.75, 3.05) is 6.54 Å². The lowest BCUT2D eigenvalue weighted by atomic mass is 9.87. The molecule has 0 amide bonds. The van der Waals surface area contributed by atoms with Crippen molar-refractivity contribution in [1.82, 2.24) is 5.32 Å². The molecule has 0 fully saturated rings. The molecule has 4 heteroatoms. The Labute approximate surface area is 107 Å². The summed E-state index contributed by atoms with van der Waals surface area (Å²) in [5.41, 5.74) is 2.36. The Morgan fingerprint density at radius 1 is 1.17 bits per heavy atom. The summed E-state index contributed by atoms with van der Waals surface area (Å²) in [6, 6.07) is 8.03. The Hall–Kier alpha value is -1.00. The second-order valence-corrected chi connectivity index (χ2v) is 5.48. The highest BCUT2D eigenvalue weighted by atomic mass is 19.3. The van der Waals surface area contributed by atoms with Crippen molar-refractivity contribution >= 4 is 0 Å². The first-order valence-electron chi connectivity index (χ1n) is 6.07. The van der Waals surface area contributed by atoms with Crippen molar-refractivity contribution in [2.45, 2.75) is 45.3 Å². The lowest BCUT2D eigenvalue weighted by Crippen LogP contribution is -2.31. The maximum atomic E-state index is 12.0. The van der Waals surface area contributed by atoms with Crippen LogP contribution in [0.4, 0.5) is 8.78 Å². The van der Waals surface area contributed by atoms with Gasteiger partial charge in [0.25, 0.3) is 6.43 Å². The molecule has 2 nitrogen and oxygen atoms in total. The molecule has 102 valence electrons. The highest BCUT2D eigenvalue weighted by molar-refractivity contribution is 5.27. The van der Waals surface area contributed by atoms with Crippen LogP contribution in [0.2, 0.25) is 0 Å². The first kappa shape index (κ1) is 15.1. The van der Waals surface area contributed by atoms with Crippen LogP contribution in [0.15, 0.2) is 24.3 Å². The van der Waals surface area contributed by atoms with E-state index < -0.39 is 12.5 Å². The molecule has 0 saturated carbocycles. The van der Waals surface area contributed by atoms with E-state index in [0.29, 0.717) is 6.54 Å². The topological polar surface area (TPSA) is 32.3 Å². The minimum atomic E-state index is -2.69.